The van der Waals surface area contributed by atoms with E-state index in [1.807, 2.05) is 0 Å². The van der Waals surface area contributed by atoms with Gasteiger partial charge >= 0.3 is 0 Å². The normalized spacial score (nSPS) is 25.1. The molecule has 3 heteroatoms. The Balaban J connectivity index is 1.66. The highest BCUT2D eigenvalue weighted by Gasteiger charge is 2.25. The van der Waals surface area contributed by atoms with E-state index in [2.05, 4.69) is 4.90 Å². The van der Waals surface area contributed by atoms with Gasteiger partial charge in [0.2, 0.25) is 0 Å². The molecule has 1 saturated heterocycles. The molecule has 0 aromatic carbocycles. The molecular weight excluding hydrogens is 236 g/mol. The molecule has 112 valence electrons. The van der Waals surface area contributed by atoms with Crippen LogP contribution in [0.2, 0.25) is 0 Å². The lowest BCUT2D eigenvalue weighted by atomic mass is 9.94. The van der Waals surface area contributed by atoms with E-state index in [9.17, 15) is 0 Å². The number of hydrogen-bond acceptors (Lipinski definition) is 3. The first-order chi connectivity index (χ1) is 9.40. The third-order valence-electron chi connectivity index (χ3n) is 4.77. The topological polar surface area (TPSA) is 38.5 Å². The van der Waals surface area contributed by atoms with Crippen molar-refractivity contribution >= 4 is 0 Å². The fraction of sp³-hybridized carbons (Fsp3) is 1.00. The summed E-state index contributed by atoms with van der Waals surface area (Å²) in [7, 11) is 0. The van der Waals surface area contributed by atoms with Crippen molar-refractivity contribution in [3.05, 3.63) is 0 Å². The van der Waals surface area contributed by atoms with Crippen molar-refractivity contribution in [3.63, 3.8) is 0 Å². The second-order valence-electron chi connectivity index (χ2n) is 6.25. The summed E-state index contributed by atoms with van der Waals surface area (Å²) in [6.07, 6.45) is 14.1. The highest BCUT2D eigenvalue weighted by molar-refractivity contribution is 4.80. The molecule has 0 amide bonds. The predicted molar refractivity (Wildman–Crippen MR) is 80.3 cm³/mol. The molecule has 1 heterocycles. The lowest BCUT2D eigenvalue weighted by molar-refractivity contribution is -0.00487. The zero-order valence-electron chi connectivity index (χ0n) is 12.5. The molecule has 0 aromatic rings. The second kappa shape index (κ2) is 8.93. The zero-order chi connectivity index (χ0) is 13.3. The molecule has 0 spiro atoms. The van der Waals surface area contributed by atoms with E-state index < -0.39 is 0 Å². The molecule has 19 heavy (non-hydrogen) atoms. The maximum absolute atomic E-state index is 5.90. The van der Waals surface area contributed by atoms with Crippen molar-refractivity contribution in [2.45, 2.75) is 76.4 Å². The van der Waals surface area contributed by atoms with Crippen molar-refractivity contribution in [1.82, 2.24) is 4.90 Å². The van der Waals surface area contributed by atoms with Crippen LogP contribution in [0.4, 0.5) is 0 Å². The second-order valence-corrected chi connectivity index (χ2v) is 6.25. The smallest absolute Gasteiger partial charge is 0.0599 e. The van der Waals surface area contributed by atoms with Gasteiger partial charge in [-0.1, -0.05) is 32.1 Å². The van der Waals surface area contributed by atoms with Gasteiger partial charge in [0.25, 0.3) is 0 Å². The summed E-state index contributed by atoms with van der Waals surface area (Å²) in [4.78, 5) is 2.74. The van der Waals surface area contributed by atoms with Crippen molar-refractivity contribution in [2.75, 3.05) is 26.2 Å². The summed E-state index contributed by atoms with van der Waals surface area (Å²) in [5.74, 6) is 0. The van der Waals surface area contributed by atoms with E-state index >= 15 is 0 Å². The SMILES string of the molecule is NCCCOC1CCN(C2CCCCCCC2)CC1. The Labute approximate surface area is 118 Å². The van der Waals surface area contributed by atoms with Crippen molar-refractivity contribution in [1.29, 1.82) is 0 Å². The number of nitrogens with two attached hydrogens (primary N) is 1. The van der Waals surface area contributed by atoms with Crippen LogP contribution in [0.5, 0.6) is 0 Å². The largest absolute Gasteiger partial charge is 0.378 e. The van der Waals surface area contributed by atoms with E-state index in [0.717, 1.165) is 25.6 Å². The van der Waals surface area contributed by atoms with Gasteiger partial charge in [-0.15, -0.1) is 0 Å². The van der Waals surface area contributed by atoms with Gasteiger partial charge in [0.15, 0.2) is 0 Å². The molecule has 0 atom stereocenters. The van der Waals surface area contributed by atoms with Crippen LogP contribution in [0.1, 0.15) is 64.2 Å². The Hall–Kier alpha value is -0.120. The molecule has 3 nitrogen and oxygen atoms in total. The first-order valence-electron chi connectivity index (χ1n) is 8.46. The molecule has 1 aliphatic carbocycles. The van der Waals surface area contributed by atoms with Crippen LogP contribution >= 0.6 is 0 Å². The van der Waals surface area contributed by atoms with Gasteiger partial charge in [-0.2, -0.15) is 0 Å². The third kappa shape index (κ3) is 5.41. The molecule has 1 aliphatic heterocycles. The minimum atomic E-state index is 0.497. The fourth-order valence-electron chi connectivity index (χ4n) is 3.54. The molecule has 2 rings (SSSR count). The predicted octanol–water partition coefficient (Wildman–Crippen LogP) is 2.93. The third-order valence-corrected chi connectivity index (χ3v) is 4.77. The van der Waals surface area contributed by atoms with Crippen LogP contribution < -0.4 is 5.73 Å². The maximum Gasteiger partial charge on any atom is 0.0599 e. The van der Waals surface area contributed by atoms with Crippen molar-refractivity contribution in [3.8, 4) is 0 Å². The minimum Gasteiger partial charge on any atom is -0.378 e. The van der Waals surface area contributed by atoms with Gasteiger partial charge in [-0.25, -0.2) is 0 Å². The molecule has 0 aromatic heterocycles. The molecule has 2 N–H and O–H groups in total. The summed E-state index contributed by atoms with van der Waals surface area (Å²) in [5.41, 5.74) is 5.50. The summed E-state index contributed by atoms with van der Waals surface area (Å²) >= 11 is 0. The van der Waals surface area contributed by atoms with E-state index in [0.29, 0.717) is 6.10 Å². The van der Waals surface area contributed by atoms with Gasteiger partial charge in [0.1, 0.15) is 0 Å². The summed E-state index contributed by atoms with van der Waals surface area (Å²) in [5, 5.41) is 0. The molecule has 2 fully saturated rings. The molecule has 1 saturated carbocycles. The van der Waals surface area contributed by atoms with Crippen LogP contribution in [0, 0.1) is 0 Å². The Bertz CT molecular complexity index is 219. The Morgan fingerprint density at radius 1 is 0.895 bits per heavy atom. The van der Waals surface area contributed by atoms with E-state index in [1.54, 1.807) is 0 Å². The number of piperidine rings is 1. The quantitative estimate of drug-likeness (QED) is 0.779. The number of likely N-dealkylation sites (tertiary alicyclic amines) is 1. The minimum absolute atomic E-state index is 0.497. The van der Waals surface area contributed by atoms with E-state index in [4.69, 9.17) is 10.5 Å². The maximum atomic E-state index is 5.90. The number of nitrogens with zero attached hydrogens (tertiary/aromatic N) is 1. The van der Waals surface area contributed by atoms with Gasteiger partial charge in [-0.3, -0.25) is 0 Å². The molecule has 2 aliphatic rings. The first-order valence-corrected chi connectivity index (χ1v) is 8.46. The Kier molecular flexibility index (Phi) is 7.18. The van der Waals surface area contributed by atoms with Crippen LogP contribution in [0.15, 0.2) is 0 Å². The standard InChI is InChI=1S/C16H32N2O/c17-11-6-14-19-16-9-12-18(13-10-16)15-7-4-2-1-3-5-8-15/h15-16H,1-14,17H2. The lowest BCUT2D eigenvalue weighted by Gasteiger charge is -2.38. The first kappa shape index (κ1) is 15.3. The van der Waals surface area contributed by atoms with E-state index in [1.165, 1.54) is 70.9 Å². The summed E-state index contributed by atoms with van der Waals surface area (Å²) in [6, 6.07) is 0.866. The Morgan fingerprint density at radius 2 is 1.53 bits per heavy atom. The molecule has 0 unspecified atom stereocenters. The monoisotopic (exact) mass is 268 g/mol. The molecular formula is C16H32N2O. The number of hydrogen-bond donors (Lipinski definition) is 1. The number of ether oxygens (including phenoxy) is 1. The highest BCUT2D eigenvalue weighted by Crippen LogP contribution is 2.25. The molecule has 0 bridgehead atoms. The average Bonchev–Trinajstić information content (AvgIpc) is 2.40. The number of rotatable bonds is 5. The van der Waals surface area contributed by atoms with Crippen LogP contribution in [0.25, 0.3) is 0 Å². The average molecular weight is 268 g/mol. The van der Waals surface area contributed by atoms with Gasteiger partial charge in [-0.05, 0) is 38.6 Å². The van der Waals surface area contributed by atoms with Crippen LogP contribution in [-0.2, 0) is 4.74 Å². The summed E-state index contributed by atoms with van der Waals surface area (Å²) < 4.78 is 5.90. The fourth-order valence-corrected chi connectivity index (χ4v) is 3.54. The van der Waals surface area contributed by atoms with Crippen molar-refractivity contribution < 1.29 is 4.74 Å². The van der Waals surface area contributed by atoms with E-state index in [-0.39, 0.29) is 0 Å². The van der Waals surface area contributed by atoms with Gasteiger partial charge in [0.05, 0.1) is 6.10 Å². The van der Waals surface area contributed by atoms with Crippen LogP contribution in [0.3, 0.4) is 0 Å². The Morgan fingerprint density at radius 3 is 2.16 bits per heavy atom. The van der Waals surface area contributed by atoms with Crippen molar-refractivity contribution in [2.24, 2.45) is 5.73 Å². The van der Waals surface area contributed by atoms with Crippen LogP contribution in [-0.4, -0.2) is 43.3 Å². The zero-order valence-corrected chi connectivity index (χ0v) is 12.5. The molecule has 0 radical (unpaired) electrons. The van der Waals surface area contributed by atoms with Gasteiger partial charge < -0.3 is 15.4 Å². The lowest BCUT2D eigenvalue weighted by Crippen LogP contribution is -2.43. The summed E-state index contributed by atoms with van der Waals surface area (Å²) in [6.45, 7) is 4.10. The highest BCUT2D eigenvalue weighted by atomic mass is 16.5. The van der Waals surface area contributed by atoms with Gasteiger partial charge in [0, 0.05) is 25.7 Å².